The van der Waals surface area contributed by atoms with E-state index >= 15 is 0 Å². The SMILES string of the molecule is COCc1cc(Cl)cc(CCN2CCNCC2)c1F. The van der Waals surface area contributed by atoms with E-state index < -0.39 is 0 Å². The lowest BCUT2D eigenvalue weighted by atomic mass is 10.1. The summed E-state index contributed by atoms with van der Waals surface area (Å²) in [5.41, 5.74) is 1.21. The Hall–Kier alpha value is -0.680. The van der Waals surface area contributed by atoms with Gasteiger partial charge in [0.05, 0.1) is 6.61 Å². The van der Waals surface area contributed by atoms with Crippen molar-refractivity contribution in [2.24, 2.45) is 0 Å². The summed E-state index contributed by atoms with van der Waals surface area (Å²) < 4.78 is 19.2. The summed E-state index contributed by atoms with van der Waals surface area (Å²) in [4.78, 5) is 2.34. The molecule has 1 aromatic rings. The van der Waals surface area contributed by atoms with Crippen LogP contribution in [-0.4, -0.2) is 44.7 Å². The normalized spacial score (nSPS) is 16.8. The molecule has 106 valence electrons. The third kappa shape index (κ3) is 4.14. The largest absolute Gasteiger partial charge is 0.380 e. The predicted molar refractivity (Wildman–Crippen MR) is 75.1 cm³/mol. The van der Waals surface area contributed by atoms with E-state index in [0.29, 0.717) is 22.6 Å². The molecule has 0 unspecified atom stereocenters. The first kappa shape index (κ1) is 14.7. The number of piperazine rings is 1. The van der Waals surface area contributed by atoms with Crippen LogP contribution in [0.3, 0.4) is 0 Å². The van der Waals surface area contributed by atoms with Crippen molar-refractivity contribution in [1.29, 1.82) is 0 Å². The standard InChI is InChI=1S/C14H20ClFN2O/c1-19-10-12-9-13(15)8-11(14(12)16)2-5-18-6-3-17-4-7-18/h8-9,17H,2-7,10H2,1H3. The first-order chi connectivity index (χ1) is 9.20. The molecular formula is C14H20ClFN2O. The van der Waals surface area contributed by atoms with Gasteiger partial charge < -0.3 is 15.0 Å². The number of methoxy groups -OCH3 is 1. The van der Waals surface area contributed by atoms with Gasteiger partial charge >= 0.3 is 0 Å². The van der Waals surface area contributed by atoms with Crippen molar-refractivity contribution in [3.05, 3.63) is 34.1 Å². The third-order valence-corrected chi connectivity index (χ3v) is 3.61. The molecule has 0 radical (unpaired) electrons. The molecule has 3 nitrogen and oxygen atoms in total. The van der Waals surface area contributed by atoms with Crippen LogP contribution < -0.4 is 5.32 Å². The van der Waals surface area contributed by atoms with Crippen molar-refractivity contribution in [2.75, 3.05) is 39.8 Å². The van der Waals surface area contributed by atoms with Crippen LogP contribution in [0.25, 0.3) is 0 Å². The lowest BCUT2D eigenvalue weighted by Crippen LogP contribution is -2.44. The van der Waals surface area contributed by atoms with Crippen molar-refractivity contribution < 1.29 is 9.13 Å². The molecule has 0 aromatic heterocycles. The smallest absolute Gasteiger partial charge is 0.132 e. The number of nitrogens with one attached hydrogen (secondary N) is 1. The molecule has 1 heterocycles. The van der Waals surface area contributed by atoms with E-state index in [1.54, 1.807) is 19.2 Å². The summed E-state index contributed by atoms with van der Waals surface area (Å²) in [6.07, 6.45) is 0.684. The number of halogens is 2. The van der Waals surface area contributed by atoms with Crippen LogP contribution in [0.2, 0.25) is 5.02 Å². The van der Waals surface area contributed by atoms with E-state index in [-0.39, 0.29) is 12.4 Å². The zero-order chi connectivity index (χ0) is 13.7. The Balaban J connectivity index is 2.02. The van der Waals surface area contributed by atoms with Gasteiger partial charge in [-0.2, -0.15) is 0 Å². The van der Waals surface area contributed by atoms with Crippen LogP contribution in [0.15, 0.2) is 12.1 Å². The number of hydrogen-bond acceptors (Lipinski definition) is 3. The Morgan fingerprint density at radius 1 is 1.32 bits per heavy atom. The fourth-order valence-electron chi connectivity index (χ4n) is 2.36. The molecule has 1 aliphatic heterocycles. The quantitative estimate of drug-likeness (QED) is 0.897. The molecule has 0 atom stereocenters. The van der Waals surface area contributed by atoms with E-state index in [1.165, 1.54) is 0 Å². The zero-order valence-corrected chi connectivity index (χ0v) is 12.0. The van der Waals surface area contributed by atoms with E-state index in [9.17, 15) is 4.39 Å². The fourth-order valence-corrected chi connectivity index (χ4v) is 2.63. The van der Waals surface area contributed by atoms with Crippen molar-refractivity contribution in [2.45, 2.75) is 13.0 Å². The average Bonchev–Trinajstić information content (AvgIpc) is 2.42. The van der Waals surface area contributed by atoms with Gasteiger partial charge in [-0.15, -0.1) is 0 Å². The van der Waals surface area contributed by atoms with Crippen molar-refractivity contribution in [3.63, 3.8) is 0 Å². The summed E-state index contributed by atoms with van der Waals surface area (Å²) in [7, 11) is 1.56. The van der Waals surface area contributed by atoms with E-state index in [0.717, 1.165) is 32.7 Å². The minimum absolute atomic E-state index is 0.179. The fraction of sp³-hybridized carbons (Fsp3) is 0.571. The number of ether oxygens (including phenoxy) is 1. The Kier molecular flexibility index (Phi) is 5.58. The van der Waals surface area contributed by atoms with Crippen molar-refractivity contribution >= 4 is 11.6 Å². The second-order valence-electron chi connectivity index (χ2n) is 4.81. The lowest BCUT2D eigenvalue weighted by molar-refractivity contribution is 0.181. The molecule has 1 saturated heterocycles. The molecule has 1 N–H and O–H groups in total. The van der Waals surface area contributed by atoms with Crippen LogP contribution in [0.5, 0.6) is 0 Å². The maximum atomic E-state index is 14.2. The Morgan fingerprint density at radius 2 is 2.00 bits per heavy atom. The lowest BCUT2D eigenvalue weighted by Gasteiger charge is -2.27. The zero-order valence-electron chi connectivity index (χ0n) is 11.2. The highest BCUT2D eigenvalue weighted by Gasteiger charge is 2.13. The van der Waals surface area contributed by atoms with Crippen LogP contribution in [0.1, 0.15) is 11.1 Å². The molecule has 0 saturated carbocycles. The Bertz CT molecular complexity index is 422. The van der Waals surface area contributed by atoms with Crippen molar-refractivity contribution in [1.82, 2.24) is 10.2 Å². The minimum Gasteiger partial charge on any atom is -0.380 e. The first-order valence-corrected chi connectivity index (χ1v) is 6.97. The van der Waals surface area contributed by atoms with Gasteiger partial charge in [0.1, 0.15) is 5.82 Å². The molecule has 1 fully saturated rings. The van der Waals surface area contributed by atoms with Crippen LogP contribution in [-0.2, 0) is 17.8 Å². The maximum absolute atomic E-state index is 14.2. The maximum Gasteiger partial charge on any atom is 0.132 e. The first-order valence-electron chi connectivity index (χ1n) is 6.59. The minimum atomic E-state index is -0.179. The summed E-state index contributed by atoms with van der Waals surface area (Å²) in [5, 5.41) is 3.88. The second kappa shape index (κ2) is 7.20. The monoisotopic (exact) mass is 286 g/mol. The highest BCUT2D eigenvalue weighted by molar-refractivity contribution is 6.30. The summed E-state index contributed by atoms with van der Waals surface area (Å²) in [6.45, 7) is 5.18. The summed E-state index contributed by atoms with van der Waals surface area (Å²) >= 11 is 6.03. The van der Waals surface area contributed by atoms with Gasteiger partial charge in [0, 0.05) is 50.4 Å². The molecule has 19 heavy (non-hydrogen) atoms. The van der Waals surface area contributed by atoms with Gasteiger partial charge in [-0.1, -0.05) is 11.6 Å². The van der Waals surface area contributed by atoms with Crippen LogP contribution in [0, 0.1) is 5.82 Å². The molecular weight excluding hydrogens is 267 g/mol. The van der Waals surface area contributed by atoms with E-state index in [4.69, 9.17) is 16.3 Å². The predicted octanol–water partition coefficient (Wildman–Crippen LogP) is 2.07. The van der Waals surface area contributed by atoms with E-state index in [2.05, 4.69) is 10.2 Å². The van der Waals surface area contributed by atoms with Crippen LogP contribution in [0.4, 0.5) is 4.39 Å². The molecule has 1 aliphatic rings. The van der Waals surface area contributed by atoms with Crippen LogP contribution >= 0.6 is 11.6 Å². The molecule has 2 rings (SSSR count). The van der Waals surface area contributed by atoms with Crippen molar-refractivity contribution in [3.8, 4) is 0 Å². The molecule has 1 aromatic carbocycles. The molecule has 5 heteroatoms. The van der Waals surface area contributed by atoms with Gasteiger partial charge in [0.25, 0.3) is 0 Å². The molecule has 0 bridgehead atoms. The third-order valence-electron chi connectivity index (χ3n) is 3.39. The molecule has 0 amide bonds. The summed E-state index contributed by atoms with van der Waals surface area (Å²) in [5.74, 6) is -0.179. The molecule has 0 aliphatic carbocycles. The highest BCUT2D eigenvalue weighted by atomic mass is 35.5. The summed E-state index contributed by atoms with van der Waals surface area (Å²) in [6, 6.07) is 3.35. The number of hydrogen-bond donors (Lipinski definition) is 1. The van der Waals surface area contributed by atoms with Gasteiger partial charge in [-0.05, 0) is 24.1 Å². The van der Waals surface area contributed by atoms with Gasteiger partial charge in [0.2, 0.25) is 0 Å². The average molecular weight is 287 g/mol. The number of nitrogens with zero attached hydrogens (tertiary/aromatic N) is 1. The second-order valence-corrected chi connectivity index (χ2v) is 5.25. The Labute approximate surface area is 118 Å². The number of rotatable bonds is 5. The van der Waals surface area contributed by atoms with Gasteiger partial charge in [-0.3, -0.25) is 0 Å². The van der Waals surface area contributed by atoms with E-state index in [1.807, 2.05) is 0 Å². The van der Waals surface area contributed by atoms with Gasteiger partial charge in [0.15, 0.2) is 0 Å². The topological polar surface area (TPSA) is 24.5 Å². The molecule has 0 spiro atoms. The highest BCUT2D eigenvalue weighted by Crippen LogP contribution is 2.21. The van der Waals surface area contributed by atoms with Gasteiger partial charge in [-0.25, -0.2) is 4.39 Å². The Morgan fingerprint density at radius 3 is 2.68 bits per heavy atom. The number of benzene rings is 1.